The van der Waals surface area contributed by atoms with Gasteiger partial charge in [-0.25, -0.2) is 12.8 Å². The molecule has 3 aromatic carbocycles. The fourth-order valence-corrected chi connectivity index (χ4v) is 5.03. The van der Waals surface area contributed by atoms with Gasteiger partial charge < -0.3 is 10.2 Å². The van der Waals surface area contributed by atoms with Crippen molar-refractivity contribution < 1.29 is 22.4 Å². The Morgan fingerprint density at radius 2 is 1.63 bits per heavy atom. The van der Waals surface area contributed by atoms with Crippen molar-refractivity contribution in [1.29, 1.82) is 0 Å². The molecule has 0 aliphatic heterocycles. The molecule has 0 saturated heterocycles. The average Bonchev–Trinajstić information content (AvgIpc) is 2.85. The highest BCUT2D eigenvalue weighted by atomic mass is 35.5. The maximum Gasteiger partial charge on any atom is 0.244 e. The Balaban J connectivity index is 2.07. The predicted molar refractivity (Wildman–Crippen MR) is 148 cm³/mol. The third-order valence-corrected chi connectivity index (χ3v) is 7.29. The van der Waals surface area contributed by atoms with Gasteiger partial charge in [-0.15, -0.1) is 0 Å². The van der Waals surface area contributed by atoms with Gasteiger partial charge in [-0.1, -0.05) is 66.2 Å². The van der Waals surface area contributed by atoms with Gasteiger partial charge in [0.05, 0.1) is 11.9 Å². The van der Waals surface area contributed by atoms with Gasteiger partial charge in [0.1, 0.15) is 18.4 Å². The van der Waals surface area contributed by atoms with Gasteiger partial charge in [-0.2, -0.15) is 0 Å². The number of rotatable bonds is 11. The third kappa shape index (κ3) is 8.03. The lowest BCUT2D eigenvalue weighted by molar-refractivity contribution is -0.140. The van der Waals surface area contributed by atoms with Crippen LogP contribution >= 0.6 is 11.6 Å². The van der Waals surface area contributed by atoms with Gasteiger partial charge in [0.15, 0.2) is 0 Å². The zero-order valence-electron chi connectivity index (χ0n) is 21.5. The van der Waals surface area contributed by atoms with E-state index in [1.807, 2.05) is 44.2 Å². The van der Waals surface area contributed by atoms with Crippen LogP contribution in [0.4, 0.5) is 10.1 Å². The molecule has 38 heavy (non-hydrogen) atoms. The van der Waals surface area contributed by atoms with Crippen LogP contribution in [0, 0.1) is 5.82 Å². The van der Waals surface area contributed by atoms with Gasteiger partial charge in [0.25, 0.3) is 0 Å². The largest absolute Gasteiger partial charge is 0.352 e. The van der Waals surface area contributed by atoms with E-state index < -0.39 is 34.3 Å². The molecule has 0 heterocycles. The number of nitrogens with zero attached hydrogens (tertiary/aromatic N) is 2. The lowest BCUT2D eigenvalue weighted by Crippen LogP contribution is -2.54. The molecule has 2 amide bonds. The van der Waals surface area contributed by atoms with E-state index in [9.17, 15) is 22.4 Å². The SMILES string of the molecule is CC(C)NC(=O)[C@@H](Cc1ccccc1)N(Cc1ccccc1Cl)C(=O)CN(c1cccc(F)c1)S(C)(=O)=O. The van der Waals surface area contributed by atoms with Crippen LogP contribution in [0.2, 0.25) is 5.02 Å². The van der Waals surface area contributed by atoms with Crippen LogP contribution in [0.3, 0.4) is 0 Å². The van der Waals surface area contributed by atoms with Crippen molar-refractivity contribution in [2.45, 2.75) is 38.9 Å². The van der Waals surface area contributed by atoms with Crippen molar-refractivity contribution in [3.05, 3.63) is 101 Å². The van der Waals surface area contributed by atoms with Crippen molar-refractivity contribution in [1.82, 2.24) is 10.2 Å². The van der Waals surface area contributed by atoms with E-state index in [1.165, 1.54) is 23.1 Å². The second-order valence-electron chi connectivity index (χ2n) is 9.23. The first-order chi connectivity index (χ1) is 18.0. The number of hydrogen-bond acceptors (Lipinski definition) is 4. The van der Waals surface area contributed by atoms with Crippen molar-refractivity contribution in [3.63, 3.8) is 0 Å². The van der Waals surface area contributed by atoms with Crippen LogP contribution in [0.5, 0.6) is 0 Å². The van der Waals surface area contributed by atoms with Crippen LogP contribution in [0.25, 0.3) is 0 Å². The lowest BCUT2D eigenvalue weighted by atomic mass is 10.0. The summed E-state index contributed by atoms with van der Waals surface area (Å²) in [4.78, 5) is 28.7. The van der Waals surface area contributed by atoms with Crippen LogP contribution < -0.4 is 9.62 Å². The van der Waals surface area contributed by atoms with E-state index in [0.29, 0.717) is 10.6 Å². The minimum absolute atomic E-state index is 0.00443. The summed E-state index contributed by atoms with van der Waals surface area (Å²) in [6, 6.07) is 20.0. The number of carbonyl (C=O) groups excluding carboxylic acids is 2. The maximum atomic E-state index is 14.0. The minimum Gasteiger partial charge on any atom is -0.352 e. The van der Waals surface area contributed by atoms with Crippen molar-refractivity contribution in [2.24, 2.45) is 0 Å². The van der Waals surface area contributed by atoms with Crippen molar-refractivity contribution >= 4 is 39.1 Å². The molecule has 0 unspecified atom stereocenters. The highest BCUT2D eigenvalue weighted by Gasteiger charge is 2.33. The van der Waals surface area contributed by atoms with E-state index in [-0.39, 0.29) is 30.6 Å². The first-order valence-electron chi connectivity index (χ1n) is 12.1. The lowest BCUT2D eigenvalue weighted by Gasteiger charge is -2.34. The average molecular weight is 560 g/mol. The summed E-state index contributed by atoms with van der Waals surface area (Å²) in [6.45, 7) is 2.95. The monoisotopic (exact) mass is 559 g/mol. The molecule has 0 aliphatic carbocycles. The Bertz CT molecular complexity index is 1370. The Morgan fingerprint density at radius 1 is 0.974 bits per heavy atom. The minimum atomic E-state index is -3.98. The summed E-state index contributed by atoms with van der Waals surface area (Å²) in [7, 11) is -3.98. The van der Waals surface area contributed by atoms with Crippen molar-refractivity contribution in [2.75, 3.05) is 17.1 Å². The number of benzene rings is 3. The molecule has 0 radical (unpaired) electrons. The van der Waals surface area contributed by atoms with Gasteiger partial charge in [-0.3, -0.25) is 13.9 Å². The highest BCUT2D eigenvalue weighted by Crippen LogP contribution is 2.23. The fourth-order valence-electron chi connectivity index (χ4n) is 3.99. The van der Waals surface area contributed by atoms with Gasteiger partial charge in [0.2, 0.25) is 21.8 Å². The van der Waals surface area contributed by atoms with Crippen LogP contribution in [-0.4, -0.2) is 50.0 Å². The smallest absolute Gasteiger partial charge is 0.244 e. The molecule has 3 aromatic rings. The molecule has 0 aromatic heterocycles. The Morgan fingerprint density at radius 3 is 2.24 bits per heavy atom. The molecule has 202 valence electrons. The molecule has 7 nitrogen and oxygen atoms in total. The zero-order chi connectivity index (χ0) is 27.9. The molecule has 0 aliphatic rings. The standard InChI is InChI=1S/C28H31ClFN3O4S/c1-20(2)31-28(35)26(16-21-10-5-4-6-11-21)32(18-22-12-7-8-15-25(22)29)27(34)19-33(38(3,36)37)24-14-9-13-23(30)17-24/h4-15,17,20,26H,16,18-19H2,1-3H3,(H,31,35)/t26-/m1/s1. The van der Waals surface area contributed by atoms with E-state index in [0.717, 1.165) is 22.2 Å². The van der Waals surface area contributed by atoms with Gasteiger partial charge >= 0.3 is 0 Å². The molecular weight excluding hydrogens is 529 g/mol. The third-order valence-electron chi connectivity index (χ3n) is 5.78. The predicted octanol–water partition coefficient (Wildman–Crippen LogP) is 4.41. The number of anilines is 1. The summed E-state index contributed by atoms with van der Waals surface area (Å²) >= 11 is 6.41. The number of amides is 2. The maximum absolute atomic E-state index is 14.0. The van der Waals surface area contributed by atoms with E-state index in [1.54, 1.807) is 24.3 Å². The Hall–Kier alpha value is -3.43. The number of nitrogens with one attached hydrogen (secondary N) is 1. The normalized spacial score (nSPS) is 12.2. The van der Waals surface area contributed by atoms with Crippen molar-refractivity contribution in [3.8, 4) is 0 Å². The molecule has 0 saturated carbocycles. The van der Waals surface area contributed by atoms with Crippen LogP contribution in [-0.2, 0) is 32.6 Å². The number of halogens is 2. The Kier molecular flexibility index (Phi) is 9.88. The molecule has 10 heteroatoms. The first-order valence-corrected chi connectivity index (χ1v) is 14.3. The summed E-state index contributed by atoms with van der Waals surface area (Å²) in [5.41, 5.74) is 1.41. The summed E-state index contributed by atoms with van der Waals surface area (Å²) < 4.78 is 40.2. The molecule has 0 bridgehead atoms. The van der Waals surface area contributed by atoms with E-state index in [4.69, 9.17) is 11.6 Å². The molecule has 0 spiro atoms. The van der Waals surface area contributed by atoms with E-state index in [2.05, 4.69) is 5.32 Å². The Labute approximate surface area is 228 Å². The van der Waals surface area contributed by atoms with E-state index >= 15 is 0 Å². The molecule has 1 N–H and O–H groups in total. The summed E-state index contributed by atoms with van der Waals surface area (Å²) in [5, 5.41) is 3.28. The number of carbonyl (C=O) groups is 2. The van der Waals surface area contributed by atoms with Crippen LogP contribution in [0.1, 0.15) is 25.0 Å². The molecule has 3 rings (SSSR count). The van der Waals surface area contributed by atoms with Crippen LogP contribution in [0.15, 0.2) is 78.9 Å². The molecule has 1 atom stereocenters. The number of sulfonamides is 1. The topological polar surface area (TPSA) is 86.8 Å². The number of hydrogen-bond donors (Lipinski definition) is 1. The summed E-state index contributed by atoms with van der Waals surface area (Å²) in [6.07, 6.45) is 1.13. The fraction of sp³-hybridized carbons (Fsp3) is 0.286. The second kappa shape index (κ2) is 12.9. The highest BCUT2D eigenvalue weighted by molar-refractivity contribution is 7.92. The molecular formula is C28H31ClFN3O4S. The summed E-state index contributed by atoms with van der Waals surface area (Å²) in [5.74, 6) is -1.67. The molecule has 0 fully saturated rings. The van der Waals surface area contributed by atoms with Gasteiger partial charge in [0, 0.05) is 24.0 Å². The zero-order valence-corrected chi connectivity index (χ0v) is 23.0. The van der Waals surface area contributed by atoms with Gasteiger partial charge in [-0.05, 0) is 49.2 Å². The second-order valence-corrected chi connectivity index (χ2v) is 11.5. The quantitative estimate of drug-likeness (QED) is 0.377. The first kappa shape index (κ1) is 29.1.